The Hall–Kier alpha value is -3.07. The zero-order valence-corrected chi connectivity index (χ0v) is 17.1. The summed E-state index contributed by atoms with van der Waals surface area (Å²) >= 11 is 0. The Labute approximate surface area is 173 Å². The molecule has 0 radical (unpaired) electrons. The smallest absolute Gasteiger partial charge is 0.227 e. The second-order valence-corrected chi connectivity index (χ2v) is 8.56. The molecule has 30 heavy (non-hydrogen) atoms. The van der Waals surface area contributed by atoms with E-state index in [9.17, 15) is 0 Å². The van der Waals surface area contributed by atoms with E-state index in [0.717, 1.165) is 59.5 Å². The Bertz CT molecular complexity index is 1220. The molecule has 9 nitrogen and oxygen atoms in total. The van der Waals surface area contributed by atoms with Gasteiger partial charge in [-0.15, -0.1) is 0 Å². The summed E-state index contributed by atoms with van der Waals surface area (Å²) in [6.45, 7) is 2.92. The highest BCUT2D eigenvalue weighted by Crippen LogP contribution is 2.41. The summed E-state index contributed by atoms with van der Waals surface area (Å²) in [7, 11) is 1.97. The average Bonchev–Trinajstić information content (AvgIpc) is 3.18. The molecule has 3 fully saturated rings. The number of nitrogens with zero attached hydrogens (tertiary/aromatic N) is 7. The summed E-state index contributed by atoms with van der Waals surface area (Å²) in [5, 5.41) is 12.4. The SMILES string of the molecule is Cc1cc2ncnn2cc1Nc1ncc2c(n1)c(C1CC3CCC(C1)OC3)nn2C. The molecule has 154 valence electrons. The Balaban J connectivity index is 1.38. The van der Waals surface area contributed by atoms with Gasteiger partial charge in [0, 0.05) is 19.6 Å². The van der Waals surface area contributed by atoms with Crippen molar-refractivity contribution in [1.29, 1.82) is 0 Å². The molecule has 6 heterocycles. The first-order valence-corrected chi connectivity index (χ1v) is 10.5. The van der Waals surface area contributed by atoms with Gasteiger partial charge < -0.3 is 10.1 Å². The van der Waals surface area contributed by atoms with E-state index in [1.165, 1.54) is 6.42 Å². The predicted octanol–water partition coefficient (Wildman–Crippen LogP) is 3.13. The molecule has 3 aliphatic rings. The molecular formula is C21H24N8O. The molecule has 3 unspecified atom stereocenters. The van der Waals surface area contributed by atoms with Gasteiger partial charge >= 0.3 is 0 Å². The summed E-state index contributed by atoms with van der Waals surface area (Å²) in [5.41, 5.74) is 5.73. The van der Waals surface area contributed by atoms with Crippen LogP contribution in [0.25, 0.3) is 16.7 Å². The van der Waals surface area contributed by atoms with Crippen LogP contribution in [0.15, 0.2) is 24.8 Å². The van der Waals surface area contributed by atoms with E-state index in [1.54, 1.807) is 10.8 Å². The van der Waals surface area contributed by atoms with E-state index in [0.29, 0.717) is 23.9 Å². The van der Waals surface area contributed by atoms with Crippen molar-refractivity contribution in [2.45, 2.75) is 44.6 Å². The number of hydrogen-bond acceptors (Lipinski definition) is 7. The maximum atomic E-state index is 6.02. The summed E-state index contributed by atoms with van der Waals surface area (Å²) in [4.78, 5) is 13.7. The number of rotatable bonds is 3. The quantitative estimate of drug-likeness (QED) is 0.560. The fourth-order valence-electron chi connectivity index (χ4n) is 4.88. The molecule has 1 aliphatic carbocycles. The lowest BCUT2D eigenvalue weighted by molar-refractivity contribution is -0.00184. The van der Waals surface area contributed by atoms with Crippen LogP contribution in [0.3, 0.4) is 0 Å². The van der Waals surface area contributed by atoms with Gasteiger partial charge in [0.25, 0.3) is 0 Å². The normalized spacial score (nSPS) is 23.9. The van der Waals surface area contributed by atoms with Crippen molar-refractivity contribution < 1.29 is 4.74 Å². The van der Waals surface area contributed by atoms with Crippen molar-refractivity contribution in [2.24, 2.45) is 13.0 Å². The fourth-order valence-corrected chi connectivity index (χ4v) is 4.88. The molecule has 0 amide bonds. The minimum atomic E-state index is 0.349. The van der Waals surface area contributed by atoms with Crippen molar-refractivity contribution >= 4 is 28.3 Å². The van der Waals surface area contributed by atoms with Gasteiger partial charge in [0.2, 0.25) is 5.95 Å². The first-order chi connectivity index (χ1) is 14.6. The van der Waals surface area contributed by atoms with Crippen molar-refractivity contribution in [1.82, 2.24) is 34.3 Å². The number of anilines is 2. The third kappa shape index (κ3) is 2.92. The van der Waals surface area contributed by atoms with Crippen LogP contribution < -0.4 is 5.32 Å². The topological polar surface area (TPSA) is 95.1 Å². The van der Waals surface area contributed by atoms with Crippen LogP contribution in [0.2, 0.25) is 0 Å². The lowest BCUT2D eigenvalue weighted by Crippen LogP contribution is -2.21. The largest absolute Gasteiger partial charge is 0.378 e. The summed E-state index contributed by atoms with van der Waals surface area (Å²) in [6, 6.07) is 1.99. The Morgan fingerprint density at radius 1 is 1.20 bits per heavy atom. The van der Waals surface area contributed by atoms with Crippen molar-refractivity contribution in [3.8, 4) is 0 Å². The highest BCUT2D eigenvalue weighted by atomic mass is 16.5. The average molecular weight is 404 g/mol. The number of pyridine rings is 1. The highest BCUT2D eigenvalue weighted by Gasteiger charge is 2.34. The second kappa shape index (κ2) is 6.73. The first kappa shape index (κ1) is 17.8. The lowest BCUT2D eigenvalue weighted by atomic mass is 9.91. The van der Waals surface area contributed by atoms with Gasteiger partial charge in [0.1, 0.15) is 17.4 Å². The van der Waals surface area contributed by atoms with E-state index >= 15 is 0 Å². The zero-order chi connectivity index (χ0) is 20.2. The zero-order valence-electron chi connectivity index (χ0n) is 17.1. The van der Waals surface area contributed by atoms with E-state index in [4.69, 9.17) is 14.8 Å². The van der Waals surface area contributed by atoms with Crippen LogP contribution in [0.5, 0.6) is 0 Å². The molecule has 4 aromatic rings. The van der Waals surface area contributed by atoms with Gasteiger partial charge in [-0.05, 0) is 50.2 Å². The minimum Gasteiger partial charge on any atom is -0.378 e. The van der Waals surface area contributed by atoms with Gasteiger partial charge in [0.15, 0.2) is 5.65 Å². The number of nitrogens with one attached hydrogen (secondary N) is 1. The maximum Gasteiger partial charge on any atom is 0.227 e. The molecule has 2 bridgehead atoms. The third-order valence-corrected chi connectivity index (χ3v) is 6.50. The summed E-state index contributed by atoms with van der Waals surface area (Å²) in [6.07, 6.45) is 10.2. The summed E-state index contributed by atoms with van der Waals surface area (Å²) in [5.74, 6) is 1.57. The predicted molar refractivity (Wildman–Crippen MR) is 112 cm³/mol. The van der Waals surface area contributed by atoms with Crippen molar-refractivity contribution in [3.63, 3.8) is 0 Å². The monoisotopic (exact) mass is 404 g/mol. The van der Waals surface area contributed by atoms with Gasteiger partial charge in [-0.1, -0.05) is 0 Å². The Kier molecular flexibility index (Phi) is 3.98. The first-order valence-electron chi connectivity index (χ1n) is 10.5. The molecule has 1 N–H and O–H groups in total. The molecule has 7 rings (SSSR count). The van der Waals surface area contributed by atoms with E-state index in [-0.39, 0.29) is 0 Å². The molecule has 4 aromatic heterocycles. The van der Waals surface area contributed by atoms with Gasteiger partial charge in [-0.25, -0.2) is 19.5 Å². The lowest BCUT2D eigenvalue weighted by Gasteiger charge is -2.23. The minimum absolute atomic E-state index is 0.349. The summed E-state index contributed by atoms with van der Waals surface area (Å²) < 4.78 is 9.66. The number of aryl methyl sites for hydroxylation is 2. The highest BCUT2D eigenvalue weighted by molar-refractivity contribution is 5.79. The van der Waals surface area contributed by atoms with Crippen LogP contribution in [0, 0.1) is 12.8 Å². The van der Waals surface area contributed by atoms with Crippen LogP contribution in [0.1, 0.15) is 42.9 Å². The molecule has 3 atom stereocenters. The Morgan fingerprint density at radius 3 is 3.00 bits per heavy atom. The number of aromatic nitrogens is 7. The van der Waals surface area contributed by atoms with Gasteiger partial charge in [0.05, 0.1) is 29.9 Å². The van der Waals surface area contributed by atoms with Crippen LogP contribution in [-0.4, -0.2) is 47.1 Å². The molecule has 1 saturated carbocycles. The van der Waals surface area contributed by atoms with E-state index in [2.05, 4.69) is 20.4 Å². The molecule has 0 aromatic carbocycles. The third-order valence-electron chi connectivity index (χ3n) is 6.50. The van der Waals surface area contributed by atoms with Crippen molar-refractivity contribution in [3.05, 3.63) is 36.0 Å². The van der Waals surface area contributed by atoms with Gasteiger partial charge in [-0.2, -0.15) is 10.2 Å². The second-order valence-electron chi connectivity index (χ2n) is 8.56. The van der Waals surface area contributed by atoms with Crippen molar-refractivity contribution in [2.75, 3.05) is 11.9 Å². The number of ether oxygens (including phenoxy) is 1. The molecule has 2 aliphatic heterocycles. The van der Waals surface area contributed by atoms with Gasteiger partial charge in [-0.3, -0.25) is 4.68 Å². The number of fused-ring (bicyclic) bond motifs is 6. The maximum absolute atomic E-state index is 6.02. The van der Waals surface area contributed by atoms with Crippen LogP contribution in [-0.2, 0) is 11.8 Å². The Morgan fingerprint density at radius 2 is 2.13 bits per heavy atom. The van der Waals surface area contributed by atoms with E-state index in [1.807, 2.05) is 37.1 Å². The molecule has 2 saturated heterocycles. The molecule has 0 spiro atoms. The van der Waals surface area contributed by atoms with E-state index < -0.39 is 0 Å². The molecule has 9 heteroatoms. The number of hydrogen-bond donors (Lipinski definition) is 1. The van der Waals surface area contributed by atoms with Crippen LogP contribution in [0.4, 0.5) is 11.6 Å². The van der Waals surface area contributed by atoms with Crippen LogP contribution >= 0.6 is 0 Å². The standard InChI is InChI=1S/C21H24N8O/c1-12-5-18-23-11-24-29(18)9-16(12)25-21-22-8-17-20(26-21)19(27-28(17)2)14-6-13-3-4-15(7-14)30-10-13/h5,8-9,11,13-15H,3-4,6-7,10H2,1-2H3,(H,22,25,26). The molecular weight excluding hydrogens is 380 g/mol. The fraction of sp³-hybridized carbons (Fsp3) is 0.476.